The second-order valence-corrected chi connectivity index (χ2v) is 16.6. The molecule has 2 nitrogen and oxygen atoms in total. The van der Waals surface area contributed by atoms with E-state index in [9.17, 15) is 0 Å². The monoisotopic (exact) mass is 791 g/mol. The number of hydrogen-bond acceptors (Lipinski definition) is 2. The molecule has 2 aliphatic rings. The third kappa shape index (κ3) is 5.72. The molecule has 0 atom stereocenters. The van der Waals surface area contributed by atoms with Gasteiger partial charge in [0.2, 0.25) is 0 Å². The van der Waals surface area contributed by atoms with Crippen LogP contribution in [0.2, 0.25) is 0 Å². The van der Waals surface area contributed by atoms with Crippen LogP contribution in [-0.4, -0.2) is 0 Å². The third-order valence-electron chi connectivity index (χ3n) is 13.1. The van der Waals surface area contributed by atoms with Crippen LogP contribution in [0.4, 0.5) is 17.1 Å². The van der Waals surface area contributed by atoms with Crippen LogP contribution in [-0.2, 0) is 5.41 Å². The number of fused-ring (bicyclic) bond motifs is 5. The minimum Gasteiger partial charge on any atom is -0.456 e. The molecule has 1 heterocycles. The molecule has 10 aromatic carbocycles. The van der Waals surface area contributed by atoms with Gasteiger partial charge in [0.25, 0.3) is 0 Å². The molecule has 62 heavy (non-hydrogen) atoms. The number of hydrogen-bond donors (Lipinski definition) is 0. The van der Waals surface area contributed by atoms with Gasteiger partial charge in [-0.2, -0.15) is 0 Å². The zero-order chi connectivity index (χ0) is 41.2. The van der Waals surface area contributed by atoms with Crippen molar-refractivity contribution in [3.63, 3.8) is 0 Å². The fraction of sp³-hybridized carbons (Fsp3) is 0.0333. The van der Waals surface area contributed by atoms with E-state index in [1.807, 2.05) is 6.07 Å². The molecule has 1 aliphatic heterocycles. The summed E-state index contributed by atoms with van der Waals surface area (Å²) in [5.74, 6) is 1.78. The van der Waals surface area contributed by atoms with E-state index in [1.54, 1.807) is 0 Å². The molecule has 0 radical (unpaired) electrons. The minimum absolute atomic E-state index is 0.335. The van der Waals surface area contributed by atoms with Gasteiger partial charge in [0.15, 0.2) is 0 Å². The zero-order valence-electron chi connectivity index (χ0n) is 34.3. The molecule has 0 N–H and O–H groups in total. The first-order chi connectivity index (χ1) is 30.6. The lowest BCUT2D eigenvalue weighted by molar-refractivity contribution is 0.487. The van der Waals surface area contributed by atoms with Crippen molar-refractivity contribution in [1.29, 1.82) is 0 Å². The fourth-order valence-electron chi connectivity index (χ4n) is 10.1. The summed E-state index contributed by atoms with van der Waals surface area (Å²) in [6.07, 6.45) is 0. The highest BCUT2D eigenvalue weighted by Gasteiger charge is 2.40. The molecule has 10 aromatic rings. The maximum atomic E-state index is 6.44. The van der Waals surface area contributed by atoms with Gasteiger partial charge >= 0.3 is 0 Å². The van der Waals surface area contributed by atoms with Crippen molar-refractivity contribution < 1.29 is 4.74 Å². The van der Waals surface area contributed by atoms with Gasteiger partial charge in [-0.15, -0.1) is 0 Å². The highest BCUT2D eigenvalue weighted by Crippen LogP contribution is 2.54. The van der Waals surface area contributed by atoms with E-state index in [4.69, 9.17) is 4.74 Å². The Morgan fingerprint density at radius 1 is 0.355 bits per heavy atom. The van der Waals surface area contributed by atoms with Gasteiger partial charge in [-0.25, -0.2) is 0 Å². The Kier molecular flexibility index (Phi) is 8.33. The second-order valence-electron chi connectivity index (χ2n) is 16.6. The molecule has 0 saturated carbocycles. The van der Waals surface area contributed by atoms with Crippen LogP contribution in [0, 0.1) is 0 Å². The number of anilines is 3. The number of ether oxygens (including phenoxy) is 1. The van der Waals surface area contributed by atoms with Crippen molar-refractivity contribution in [3.05, 3.63) is 247 Å². The van der Waals surface area contributed by atoms with Crippen molar-refractivity contribution in [3.8, 4) is 67.1 Å². The largest absolute Gasteiger partial charge is 0.456 e. The quantitative estimate of drug-likeness (QED) is 0.159. The molecule has 0 bridgehead atoms. The van der Waals surface area contributed by atoms with Gasteiger partial charge in [0.05, 0.1) is 5.69 Å². The minimum atomic E-state index is -0.335. The summed E-state index contributed by atoms with van der Waals surface area (Å²) in [4.78, 5) is 2.44. The molecule has 1 aliphatic carbocycles. The Morgan fingerprint density at radius 3 is 1.61 bits per heavy atom. The fourth-order valence-corrected chi connectivity index (χ4v) is 10.1. The molecule has 0 unspecified atom stereocenters. The predicted octanol–water partition coefficient (Wildman–Crippen LogP) is 16.4. The molecule has 0 aromatic heterocycles. The van der Waals surface area contributed by atoms with E-state index in [0.29, 0.717) is 0 Å². The molecule has 12 rings (SSSR count). The first kappa shape index (κ1) is 36.0. The number of benzene rings is 10. The molecule has 0 spiro atoms. The first-order valence-corrected chi connectivity index (χ1v) is 21.4. The molecule has 0 amide bonds. The number of para-hydroxylation sites is 2. The first-order valence-electron chi connectivity index (χ1n) is 21.4. The zero-order valence-corrected chi connectivity index (χ0v) is 34.3. The van der Waals surface area contributed by atoms with Crippen molar-refractivity contribution >= 4 is 27.8 Å². The highest BCUT2D eigenvalue weighted by molar-refractivity contribution is 6.07. The maximum absolute atomic E-state index is 6.44. The number of rotatable bonds is 7. The van der Waals surface area contributed by atoms with Crippen molar-refractivity contribution in [2.24, 2.45) is 0 Å². The molecular formula is C60H41NO. The summed E-state index contributed by atoms with van der Waals surface area (Å²) in [7, 11) is 0. The Morgan fingerprint density at radius 2 is 0.903 bits per heavy atom. The van der Waals surface area contributed by atoms with Gasteiger partial charge in [0, 0.05) is 33.3 Å². The lowest BCUT2D eigenvalue weighted by atomic mass is 9.74. The summed E-state index contributed by atoms with van der Waals surface area (Å²) in [6, 6.07) is 83.9. The standard InChI is InChI=1S/C60H41NO/c1-60(54-24-9-5-21-50(54)51-22-6-10-25-55(51)60)46-18-14-19-48(39-46)61(47-35-33-43(34-36-47)42-31-29-41(30-32-42)40-15-3-2-4-16-40)56-26-11-7-20-49(56)45-37-44-17-13-28-58-59(44)53(38-45)52-23-8-12-27-57(52)62-58/h2-39H,1H3. The summed E-state index contributed by atoms with van der Waals surface area (Å²) < 4.78 is 6.44. The molecular weight excluding hydrogens is 751 g/mol. The van der Waals surface area contributed by atoms with Crippen LogP contribution in [0.1, 0.15) is 23.6 Å². The average Bonchev–Trinajstić information content (AvgIpc) is 3.61. The molecule has 292 valence electrons. The lowest BCUT2D eigenvalue weighted by Crippen LogP contribution is -2.23. The van der Waals surface area contributed by atoms with Crippen LogP contribution in [0.5, 0.6) is 11.5 Å². The summed E-state index contributed by atoms with van der Waals surface area (Å²) in [5, 5.41) is 2.30. The van der Waals surface area contributed by atoms with E-state index in [2.05, 4.69) is 236 Å². The van der Waals surface area contributed by atoms with E-state index in [0.717, 1.165) is 56.0 Å². The Hall–Kier alpha value is -7.94. The summed E-state index contributed by atoms with van der Waals surface area (Å²) >= 11 is 0. The van der Waals surface area contributed by atoms with E-state index < -0.39 is 0 Å². The predicted molar refractivity (Wildman–Crippen MR) is 258 cm³/mol. The molecule has 0 saturated heterocycles. The smallest absolute Gasteiger partial charge is 0.135 e. The van der Waals surface area contributed by atoms with Gasteiger partial charge in [-0.1, -0.05) is 176 Å². The Labute approximate surface area is 362 Å². The maximum Gasteiger partial charge on any atom is 0.135 e. The van der Waals surface area contributed by atoms with Gasteiger partial charge in [0.1, 0.15) is 11.5 Å². The van der Waals surface area contributed by atoms with Gasteiger partial charge in [-0.05, 0) is 128 Å². The Bertz CT molecular complexity index is 3280. The van der Waals surface area contributed by atoms with Crippen molar-refractivity contribution in [2.45, 2.75) is 12.3 Å². The number of nitrogens with zero attached hydrogens (tertiary/aromatic N) is 1. The van der Waals surface area contributed by atoms with E-state index in [1.165, 1.54) is 55.6 Å². The lowest BCUT2D eigenvalue weighted by Gasteiger charge is -2.32. The topological polar surface area (TPSA) is 12.5 Å². The summed E-state index contributed by atoms with van der Waals surface area (Å²) in [5.41, 5.74) is 18.9. The van der Waals surface area contributed by atoms with E-state index in [-0.39, 0.29) is 5.41 Å². The Balaban J connectivity index is 1.03. The van der Waals surface area contributed by atoms with Crippen LogP contribution in [0.3, 0.4) is 0 Å². The SMILES string of the molecule is CC1(c2cccc(N(c3ccc(-c4ccc(-c5ccccc5)cc4)cc3)c3ccccc3-c3cc4c5c(cccc5c3)Oc3ccccc3-4)c2)c2ccccc2-c2ccccc21. The van der Waals surface area contributed by atoms with Crippen molar-refractivity contribution in [2.75, 3.05) is 4.90 Å². The van der Waals surface area contributed by atoms with E-state index >= 15 is 0 Å². The van der Waals surface area contributed by atoms with Gasteiger partial charge in [-0.3, -0.25) is 0 Å². The van der Waals surface area contributed by atoms with Crippen LogP contribution < -0.4 is 9.64 Å². The normalized spacial score (nSPS) is 12.9. The van der Waals surface area contributed by atoms with Crippen LogP contribution >= 0.6 is 0 Å². The highest BCUT2D eigenvalue weighted by atomic mass is 16.5. The van der Waals surface area contributed by atoms with Crippen LogP contribution in [0.25, 0.3) is 66.4 Å². The van der Waals surface area contributed by atoms with Gasteiger partial charge < -0.3 is 9.64 Å². The average molecular weight is 792 g/mol. The third-order valence-corrected chi connectivity index (χ3v) is 13.1. The van der Waals surface area contributed by atoms with Crippen molar-refractivity contribution in [1.82, 2.24) is 0 Å². The molecule has 2 heteroatoms. The molecule has 0 fully saturated rings. The van der Waals surface area contributed by atoms with Crippen LogP contribution in [0.15, 0.2) is 231 Å². The second kappa shape index (κ2) is 14.4. The summed E-state index contributed by atoms with van der Waals surface area (Å²) in [6.45, 7) is 2.39.